The Morgan fingerprint density at radius 3 is 2.31 bits per heavy atom. The van der Waals surface area contributed by atoms with Gasteiger partial charge in [0.2, 0.25) is 5.91 Å². The van der Waals surface area contributed by atoms with Crippen molar-refractivity contribution in [2.45, 2.75) is 19.5 Å². The van der Waals surface area contributed by atoms with Gasteiger partial charge in [-0.25, -0.2) is 4.39 Å². The standard InChI is InChI=1S/C28H26FN5O4S/c1-2-38-19-14-12-18(13-15-19)24(27(36)32-16-17-8-4-3-5-9-17)34(21-11-7-6-10-20(21)29)28(37)25-22(30)23(26(31)35)33-39-25/h3-15,24H,2,16,30H2,1H3,(H2,31,35)(H,32,36)/t24-/m0/s1. The van der Waals surface area contributed by atoms with E-state index in [1.165, 1.54) is 18.2 Å². The van der Waals surface area contributed by atoms with E-state index in [1.807, 2.05) is 37.3 Å². The van der Waals surface area contributed by atoms with Gasteiger partial charge >= 0.3 is 0 Å². The van der Waals surface area contributed by atoms with Crippen LogP contribution in [0.2, 0.25) is 0 Å². The SMILES string of the molecule is CCOc1ccc([C@@H](C(=O)NCc2ccccc2)N(C(=O)c2snc(C(N)=O)c2N)c2ccccc2F)cc1. The number of nitrogens with one attached hydrogen (secondary N) is 1. The molecule has 11 heteroatoms. The van der Waals surface area contributed by atoms with Crippen molar-refractivity contribution in [2.24, 2.45) is 5.73 Å². The Morgan fingerprint density at radius 1 is 1.03 bits per heavy atom. The van der Waals surface area contributed by atoms with Crippen molar-refractivity contribution in [3.8, 4) is 5.75 Å². The Morgan fingerprint density at radius 2 is 1.69 bits per heavy atom. The second-order valence-electron chi connectivity index (χ2n) is 8.37. The van der Waals surface area contributed by atoms with Gasteiger partial charge in [0.15, 0.2) is 5.69 Å². The zero-order valence-electron chi connectivity index (χ0n) is 21.0. The van der Waals surface area contributed by atoms with E-state index < -0.39 is 29.6 Å². The van der Waals surface area contributed by atoms with Crippen LogP contribution < -0.4 is 26.4 Å². The lowest BCUT2D eigenvalue weighted by molar-refractivity contribution is -0.122. The summed E-state index contributed by atoms with van der Waals surface area (Å²) in [5.74, 6) is -2.49. The van der Waals surface area contributed by atoms with Crippen molar-refractivity contribution in [2.75, 3.05) is 17.2 Å². The lowest BCUT2D eigenvalue weighted by Crippen LogP contribution is -2.44. The third-order valence-electron chi connectivity index (χ3n) is 5.81. The minimum Gasteiger partial charge on any atom is -0.494 e. The van der Waals surface area contributed by atoms with Gasteiger partial charge in [-0.3, -0.25) is 19.3 Å². The van der Waals surface area contributed by atoms with E-state index in [9.17, 15) is 14.4 Å². The number of ether oxygens (including phenoxy) is 1. The molecule has 4 aromatic rings. The number of benzene rings is 3. The van der Waals surface area contributed by atoms with E-state index in [2.05, 4.69) is 9.69 Å². The Hall–Kier alpha value is -4.77. The molecule has 39 heavy (non-hydrogen) atoms. The maximum absolute atomic E-state index is 15.2. The number of hydrogen-bond acceptors (Lipinski definition) is 7. The quantitative estimate of drug-likeness (QED) is 0.273. The number of nitrogen functional groups attached to an aromatic ring is 1. The molecular formula is C28H26FN5O4S. The molecule has 0 radical (unpaired) electrons. The third kappa shape index (κ3) is 6.04. The second kappa shape index (κ2) is 12.2. The summed E-state index contributed by atoms with van der Waals surface area (Å²) in [5.41, 5.74) is 11.9. The number of hydrogen-bond donors (Lipinski definition) is 3. The highest BCUT2D eigenvalue weighted by Crippen LogP contribution is 2.35. The molecule has 9 nitrogen and oxygen atoms in total. The molecule has 0 aliphatic carbocycles. The number of halogens is 1. The molecule has 0 bridgehead atoms. The van der Waals surface area contributed by atoms with Gasteiger partial charge in [0, 0.05) is 6.54 Å². The van der Waals surface area contributed by atoms with Crippen LogP contribution in [0.3, 0.4) is 0 Å². The van der Waals surface area contributed by atoms with Gasteiger partial charge in [0.05, 0.1) is 18.0 Å². The smallest absolute Gasteiger partial charge is 0.273 e. The summed E-state index contributed by atoms with van der Waals surface area (Å²) in [4.78, 5) is 40.4. The molecule has 3 aromatic carbocycles. The molecule has 1 aromatic heterocycles. The van der Waals surface area contributed by atoms with Crippen molar-refractivity contribution in [1.82, 2.24) is 9.69 Å². The molecule has 1 atom stereocenters. The number of anilines is 2. The molecule has 200 valence electrons. The minimum absolute atomic E-state index is 0.154. The van der Waals surface area contributed by atoms with E-state index in [-0.39, 0.29) is 28.5 Å². The highest BCUT2D eigenvalue weighted by atomic mass is 32.1. The van der Waals surface area contributed by atoms with Gasteiger partial charge in [-0.2, -0.15) is 4.37 Å². The molecular weight excluding hydrogens is 521 g/mol. The summed E-state index contributed by atoms with van der Waals surface area (Å²) < 4.78 is 24.7. The first-order chi connectivity index (χ1) is 18.8. The van der Waals surface area contributed by atoms with E-state index in [1.54, 1.807) is 30.3 Å². The van der Waals surface area contributed by atoms with Crippen LogP contribution >= 0.6 is 11.5 Å². The monoisotopic (exact) mass is 547 g/mol. The number of para-hydroxylation sites is 1. The average molecular weight is 548 g/mol. The fourth-order valence-electron chi connectivity index (χ4n) is 3.96. The Balaban J connectivity index is 1.84. The largest absolute Gasteiger partial charge is 0.494 e. The first kappa shape index (κ1) is 27.3. The summed E-state index contributed by atoms with van der Waals surface area (Å²) in [6.07, 6.45) is 0. The van der Waals surface area contributed by atoms with Crippen LogP contribution in [0.15, 0.2) is 78.9 Å². The molecule has 0 fully saturated rings. The van der Waals surface area contributed by atoms with E-state index in [0.29, 0.717) is 29.5 Å². The lowest BCUT2D eigenvalue weighted by atomic mass is 10.0. The Kier molecular flexibility index (Phi) is 8.52. The Bertz CT molecular complexity index is 1480. The fraction of sp³-hybridized carbons (Fsp3) is 0.143. The molecule has 0 aliphatic rings. The lowest BCUT2D eigenvalue weighted by Gasteiger charge is -2.31. The van der Waals surface area contributed by atoms with Crippen LogP contribution in [-0.4, -0.2) is 28.7 Å². The number of nitrogens with zero attached hydrogens (tertiary/aromatic N) is 2. The normalized spacial score (nSPS) is 11.4. The van der Waals surface area contributed by atoms with Crippen molar-refractivity contribution in [3.05, 3.63) is 106 Å². The molecule has 0 saturated heterocycles. The summed E-state index contributed by atoms with van der Waals surface area (Å²) >= 11 is 0.644. The summed E-state index contributed by atoms with van der Waals surface area (Å²) in [5, 5.41) is 2.85. The van der Waals surface area contributed by atoms with Gasteiger partial charge in [0.1, 0.15) is 22.5 Å². The minimum atomic E-state index is -1.33. The number of primary amides is 1. The molecule has 0 spiro atoms. The van der Waals surface area contributed by atoms with Crippen LogP contribution in [0, 0.1) is 5.82 Å². The van der Waals surface area contributed by atoms with Crippen LogP contribution in [0.1, 0.15) is 44.3 Å². The first-order valence-corrected chi connectivity index (χ1v) is 12.8. The third-order valence-corrected chi connectivity index (χ3v) is 6.66. The van der Waals surface area contributed by atoms with E-state index in [4.69, 9.17) is 16.2 Å². The maximum Gasteiger partial charge on any atom is 0.273 e. The number of amides is 3. The summed E-state index contributed by atoms with van der Waals surface area (Å²) in [7, 11) is 0. The molecule has 5 N–H and O–H groups in total. The van der Waals surface area contributed by atoms with Crippen molar-refractivity contribution in [1.29, 1.82) is 0 Å². The molecule has 1 heterocycles. The van der Waals surface area contributed by atoms with Gasteiger partial charge in [-0.05, 0) is 53.8 Å². The number of aromatic nitrogens is 1. The summed E-state index contributed by atoms with van der Waals surface area (Å²) in [6, 6.07) is 20.0. The topological polar surface area (TPSA) is 141 Å². The Labute approximate surface area is 228 Å². The average Bonchev–Trinajstić information content (AvgIpc) is 3.33. The van der Waals surface area contributed by atoms with Crippen LogP contribution in [0.4, 0.5) is 15.8 Å². The predicted molar refractivity (Wildman–Crippen MR) is 147 cm³/mol. The highest BCUT2D eigenvalue weighted by molar-refractivity contribution is 7.09. The van der Waals surface area contributed by atoms with E-state index >= 15 is 4.39 Å². The number of rotatable bonds is 10. The van der Waals surface area contributed by atoms with Crippen LogP contribution in [0.5, 0.6) is 5.75 Å². The molecule has 0 saturated carbocycles. The van der Waals surface area contributed by atoms with Crippen LogP contribution in [-0.2, 0) is 11.3 Å². The molecule has 0 unspecified atom stereocenters. The zero-order chi connectivity index (χ0) is 27.9. The fourth-order valence-corrected chi connectivity index (χ4v) is 4.71. The molecule has 0 aliphatic heterocycles. The van der Waals surface area contributed by atoms with Crippen molar-refractivity contribution in [3.63, 3.8) is 0 Å². The van der Waals surface area contributed by atoms with Gasteiger partial charge < -0.3 is 21.5 Å². The highest BCUT2D eigenvalue weighted by Gasteiger charge is 2.37. The molecule has 3 amide bonds. The summed E-state index contributed by atoms with van der Waals surface area (Å²) in [6.45, 7) is 2.44. The van der Waals surface area contributed by atoms with Gasteiger partial charge in [0.25, 0.3) is 11.8 Å². The molecule has 4 rings (SSSR count). The number of carbonyl (C=O) groups excluding carboxylic acids is 3. The van der Waals surface area contributed by atoms with E-state index in [0.717, 1.165) is 10.5 Å². The zero-order valence-corrected chi connectivity index (χ0v) is 21.8. The maximum atomic E-state index is 15.2. The van der Waals surface area contributed by atoms with Gasteiger partial charge in [-0.1, -0.05) is 54.6 Å². The first-order valence-electron chi connectivity index (χ1n) is 12.0. The van der Waals surface area contributed by atoms with Crippen molar-refractivity contribution >= 4 is 40.6 Å². The van der Waals surface area contributed by atoms with Crippen molar-refractivity contribution < 1.29 is 23.5 Å². The van der Waals surface area contributed by atoms with Crippen LogP contribution in [0.25, 0.3) is 0 Å². The number of carbonyl (C=O) groups is 3. The van der Waals surface area contributed by atoms with Gasteiger partial charge in [-0.15, -0.1) is 0 Å². The predicted octanol–water partition coefficient (Wildman–Crippen LogP) is 4.07. The number of nitrogens with two attached hydrogens (primary N) is 2. The second-order valence-corrected chi connectivity index (χ2v) is 9.15.